The predicted molar refractivity (Wildman–Crippen MR) is 121 cm³/mol. The highest BCUT2D eigenvalue weighted by molar-refractivity contribution is 5.88. The highest BCUT2D eigenvalue weighted by atomic mass is 16.4. The first-order valence-corrected chi connectivity index (χ1v) is 10.7. The predicted octanol–water partition coefficient (Wildman–Crippen LogP) is 5.73. The lowest BCUT2D eigenvalue weighted by atomic mass is 10.1. The van der Waals surface area contributed by atoms with Gasteiger partial charge in [-0.25, -0.2) is 9.59 Å². The summed E-state index contributed by atoms with van der Waals surface area (Å²) in [6.45, 7) is 1.82. The molecule has 0 aliphatic carbocycles. The average molecular weight is 413 g/mol. The molecule has 30 heavy (non-hydrogen) atoms. The number of benzene rings is 2. The summed E-state index contributed by atoms with van der Waals surface area (Å²) in [5.41, 5.74) is 2.55. The van der Waals surface area contributed by atoms with E-state index in [9.17, 15) is 9.59 Å². The van der Waals surface area contributed by atoms with Crippen molar-refractivity contribution in [2.75, 3.05) is 23.7 Å². The van der Waals surface area contributed by atoms with Gasteiger partial charge in [0.2, 0.25) is 0 Å². The Kier molecular flexibility index (Phi) is 10.3. The quantitative estimate of drug-likeness (QED) is 0.279. The van der Waals surface area contributed by atoms with E-state index in [4.69, 9.17) is 10.2 Å². The second-order valence-electron chi connectivity index (χ2n) is 7.45. The minimum Gasteiger partial charge on any atom is -0.478 e. The molecule has 162 valence electrons. The molecule has 2 aromatic rings. The summed E-state index contributed by atoms with van der Waals surface area (Å²) in [5.74, 6) is -1.80. The van der Waals surface area contributed by atoms with Gasteiger partial charge in [-0.2, -0.15) is 0 Å². The first-order valence-electron chi connectivity index (χ1n) is 10.7. The molecule has 0 aliphatic heterocycles. The Morgan fingerprint density at radius 1 is 0.533 bits per heavy atom. The molecule has 0 spiro atoms. The molecule has 0 saturated carbocycles. The molecule has 2 rings (SSSR count). The van der Waals surface area contributed by atoms with Gasteiger partial charge in [-0.05, 0) is 61.4 Å². The molecule has 2 aromatic carbocycles. The summed E-state index contributed by atoms with van der Waals surface area (Å²) in [5, 5.41) is 24.4. The lowest BCUT2D eigenvalue weighted by Crippen LogP contribution is -2.02. The SMILES string of the molecule is O=C(O)c1ccc(NCCCCCCCCCCNc2ccc(C(=O)O)cc2)cc1. The third-order valence-electron chi connectivity index (χ3n) is 5.03. The lowest BCUT2D eigenvalue weighted by Gasteiger charge is -2.07. The molecule has 0 atom stereocenters. The van der Waals surface area contributed by atoms with E-state index in [0.717, 1.165) is 37.3 Å². The van der Waals surface area contributed by atoms with Gasteiger partial charge in [-0.3, -0.25) is 0 Å². The van der Waals surface area contributed by atoms with E-state index < -0.39 is 11.9 Å². The van der Waals surface area contributed by atoms with Crippen molar-refractivity contribution in [2.45, 2.75) is 51.4 Å². The minimum absolute atomic E-state index is 0.311. The zero-order valence-electron chi connectivity index (χ0n) is 17.4. The largest absolute Gasteiger partial charge is 0.478 e. The molecule has 0 unspecified atom stereocenters. The summed E-state index contributed by atoms with van der Waals surface area (Å²) in [6.07, 6.45) is 9.65. The zero-order valence-corrected chi connectivity index (χ0v) is 17.4. The van der Waals surface area contributed by atoms with E-state index in [2.05, 4.69) is 10.6 Å². The Bertz CT molecular complexity index is 705. The van der Waals surface area contributed by atoms with Crippen LogP contribution >= 0.6 is 0 Å². The summed E-state index contributed by atoms with van der Waals surface area (Å²) >= 11 is 0. The van der Waals surface area contributed by atoms with Crippen molar-refractivity contribution in [3.63, 3.8) is 0 Å². The van der Waals surface area contributed by atoms with Crippen molar-refractivity contribution in [3.8, 4) is 0 Å². The second kappa shape index (κ2) is 13.2. The first kappa shape index (κ1) is 23.3. The van der Waals surface area contributed by atoms with Crippen molar-refractivity contribution in [3.05, 3.63) is 59.7 Å². The summed E-state index contributed by atoms with van der Waals surface area (Å²) in [7, 11) is 0. The topological polar surface area (TPSA) is 98.7 Å². The lowest BCUT2D eigenvalue weighted by molar-refractivity contribution is 0.0686. The molecule has 0 aliphatic rings. The molecule has 0 heterocycles. The molecule has 6 nitrogen and oxygen atoms in total. The smallest absolute Gasteiger partial charge is 0.335 e. The Balaban J connectivity index is 1.39. The monoisotopic (exact) mass is 412 g/mol. The fourth-order valence-corrected chi connectivity index (χ4v) is 3.24. The van der Waals surface area contributed by atoms with Crippen LogP contribution in [0.25, 0.3) is 0 Å². The number of carboxylic acid groups (broad SMARTS) is 2. The van der Waals surface area contributed by atoms with Crippen LogP contribution in [0.4, 0.5) is 11.4 Å². The van der Waals surface area contributed by atoms with E-state index >= 15 is 0 Å². The minimum atomic E-state index is -0.898. The molecule has 6 heteroatoms. The fourth-order valence-electron chi connectivity index (χ4n) is 3.24. The van der Waals surface area contributed by atoms with Crippen molar-refractivity contribution in [1.82, 2.24) is 0 Å². The highest BCUT2D eigenvalue weighted by Gasteiger charge is 2.02. The molecular formula is C24H32N2O4. The highest BCUT2D eigenvalue weighted by Crippen LogP contribution is 2.13. The van der Waals surface area contributed by atoms with Gasteiger partial charge in [0.25, 0.3) is 0 Å². The van der Waals surface area contributed by atoms with Crippen molar-refractivity contribution >= 4 is 23.3 Å². The molecule has 0 bridgehead atoms. The number of hydrogen-bond acceptors (Lipinski definition) is 4. The fraction of sp³-hybridized carbons (Fsp3) is 0.417. The summed E-state index contributed by atoms with van der Waals surface area (Å²) in [4.78, 5) is 21.6. The number of carbonyl (C=O) groups is 2. The van der Waals surface area contributed by atoms with Crippen LogP contribution in [0.1, 0.15) is 72.1 Å². The van der Waals surface area contributed by atoms with Gasteiger partial charge in [-0.1, -0.05) is 38.5 Å². The van der Waals surface area contributed by atoms with Crippen molar-refractivity contribution < 1.29 is 19.8 Å². The van der Waals surface area contributed by atoms with Crippen LogP contribution in [0.15, 0.2) is 48.5 Å². The standard InChI is InChI=1S/C24H32N2O4/c27-23(28)19-9-13-21(14-10-19)25-17-7-5-3-1-2-4-6-8-18-26-22-15-11-20(12-16-22)24(29)30/h9-16,25-26H,1-8,17-18H2,(H,27,28)(H,29,30). The third kappa shape index (κ3) is 8.99. The van der Waals surface area contributed by atoms with Crippen LogP contribution in [-0.2, 0) is 0 Å². The first-order chi connectivity index (χ1) is 14.6. The van der Waals surface area contributed by atoms with E-state index in [0.29, 0.717) is 11.1 Å². The van der Waals surface area contributed by atoms with Crippen LogP contribution in [0, 0.1) is 0 Å². The van der Waals surface area contributed by atoms with Crippen LogP contribution in [-0.4, -0.2) is 35.2 Å². The number of anilines is 2. The maximum atomic E-state index is 10.8. The van der Waals surface area contributed by atoms with Crippen molar-refractivity contribution in [1.29, 1.82) is 0 Å². The van der Waals surface area contributed by atoms with Gasteiger partial charge < -0.3 is 20.8 Å². The zero-order chi connectivity index (χ0) is 21.6. The summed E-state index contributed by atoms with van der Waals surface area (Å²) < 4.78 is 0. The maximum absolute atomic E-state index is 10.8. The number of hydrogen-bond donors (Lipinski definition) is 4. The van der Waals surface area contributed by atoms with E-state index in [-0.39, 0.29) is 0 Å². The van der Waals surface area contributed by atoms with Crippen LogP contribution in [0.2, 0.25) is 0 Å². The number of aromatic carboxylic acids is 2. The van der Waals surface area contributed by atoms with Crippen molar-refractivity contribution in [2.24, 2.45) is 0 Å². The molecule has 0 amide bonds. The number of nitrogens with one attached hydrogen (secondary N) is 2. The number of carboxylic acids is 2. The Hall–Kier alpha value is -3.02. The van der Waals surface area contributed by atoms with Gasteiger partial charge in [-0.15, -0.1) is 0 Å². The Morgan fingerprint density at radius 3 is 1.13 bits per heavy atom. The normalized spacial score (nSPS) is 10.5. The Morgan fingerprint density at radius 2 is 0.833 bits per heavy atom. The van der Waals surface area contributed by atoms with Crippen LogP contribution < -0.4 is 10.6 Å². The molecule has 0 radical (unpaired) electrons. The van der Waals surface area contributed by atoms with E-state index in [1.807, 2.05) is 24.3 Å². The number of unbranched alkanes of at least 4 members (excludes halogenated alkanes) is 7. The van der Waals surface area contributed by atoms with E-state index in [1.165, 1.54) is 38.5 Å². The van der Waals surface area contributed by atoms with E-state index in [1.54, 1.807) is 24.3 Å². The average Bonchev–Trinajstić information content (AvgIpc) is 2.75. The molecule has 4 N–H and O–H groups in total. The Labute approximate surface area is 178 Å². The third-order valence-corrected chi connectivity index (χ3v) is 5.03. The maximum Gasteiger partial charge on any atom is 0.335 e. The molecule has 0 fully saturated rings. The van der Waals surface area contributed by atoms with Gasteiger partial charge in [0.05, 0.1) is 11.1 Å². The van der Waals surface area contributed by atoms with Gasteiger partial charge in [0.15, 0.2) is 0 Å². The van der Waals surface area contributed by atoms with Crippen LogP contribution in [0.3, 0.4) is 0 Å². The van der Waals surface area contributed by atoms with Gasteiger partial charge >= 0.3 is 11.9 Å². The molecular weight excluding hydrogens is 380 g/mol. The van der Waals surface area contributed by atoms with Crippen LogP contribution in [0.5, 0.6) is 0 Å². The summed E-state index contributed by atoms with van der Waals surface area (Å²) in [6, 6.07) is 13.7. The van der Waals surface area contributed by atoms with Gasteiger partial charge in [0, 0.05) is 24.5 Å². The second-order valence-corrected chi connectivity index (χ2v) is 7.45. The molecule has 0 aromatic heterocycles. The number of rotatable bonds is 15. The molecule has 0 saturated heterocycles. The van der Waals surface area contributed by atoms with Gasteiger partial charge in [0.1, 0.15) is 0 Å².